The molecule has 4 N–H and O–H groups in total. The zero-order valence-electron chi connectivity index (χ0n) is 11.2. The monoisotopic (exact) mass is 269 g/mol. The molecule has 0 saturated heterocycles. The summed E-state index contributed by atoms with van der Waals surface area (Å²) in [5, 5.41) is 16.9. The number of nitrogens with one attached hydrogen (secondary N) is 1. The summed E-state index contributed by atoms with van der Waals surface area (Å²) in [6.45, 7) is 1.13. The smallest absolute Gasteiger partial charge is 0.124 e. The van der Waals surface area contributed by atoms with Crippen LogP contribution >= 0.6 is 0 Å². The van der Waals surface area contributed by atoms with Crippen LogP contribution in [-0.2, 0) is 11.3 Å². The highest BCUT2D eigenvalue weighted by Gasteiger charge is 2.10. The van der Waals surface area contributed by atoms with Gasteiger partial charge in [0.25, 0.3) is 0 Å². The highest BCUT2D eigenvalue weighted by atomic mass is 19.1. The maximum Gasteiger partial charge on any atom is 0.124 e. The van der Waals surface area contributed by atoms with Crippen LogP contribution in [0.3, 0.4) is 0 Å². The lowest BCUT2D eigenvalue weighted by atomic mass is 10.1. The first kappa shape index (κ1) is 15.6. The van der Waals surface area contributed by atoms with E-state index in [1.807, 2.05) is 11.9 Å². The van der Waals surface area contributed by atoms with Crippen molar-refractivity contribution >= 4 is 5.84 Å². The minimum Gasteiger partial charge on any atom is -0.389 e. The van der Waals surface area contributed by atoms with Gasteiger partial charge in [0.15, 0.2) is 0 Å². The molecule has 1 atom stereocenters. The molecule has 0 fully saturated rings. The van der Waals surface area contributed by atoms with Crippen LogP contribution in [0.25, 0.3) is 0 Å². The summed E-state index contributed by atoms with van der Waals surface area (Å²) in [6.07, 6.45) is -0.587. The van der Waals surface area contributed by atoms with Crippen molar-refractivity contribution in [1.82, 2.24) is 4.90 Å². The van der Waals surface area contributed by atoms with Crippen molar-refractivity contribution in [2.24, 2.45) is 5.73 Å². The summed E-state index contributed by atoms with van der Waals surface area (Å²) >= 11 is 0. The number of halogens is 1. The molecule has 5 nitrogen and oxygen atoms in total. The summed E-state index contributed by atoms with van der Waals surface area (Å²) in [4.78, 5) is 1.85. The highest BCUT2D eigenvalue weighted by Crippen LogP contribution is 2.11. The van der Waals surface area contributed by atoms with Crippen LogP contribution in [0, 0.1) is 11.2 Å². The molecule has 0 bridgehead atoms. The average molecular weight is 269 g/mol. The van der Waals surface area contributed by atoms with Gasteiger partial charge in [-0.25, -0.2) is 4.39 Å². The summed E-state index contributed by atoms with van der Waals surface area (Å²) < 4.78 is 18.2. The number of aliphatic hydroxyl groups is 1. The fraction of sp³-hybridized carbons (Fsp3) is 0.462. The first-order chi connectivity index (χ1) is 8.92. The third kappa shape index (κ3) is 5.34. The van der Waals surface area contributed by atoms with Crippen molar-refractivity contribution in [2.45, 2.75) is 12.6 Å². The van der Waals surface area contributed by atoms with E-state index in [-0.39, 0.29) is 12.4 Å². The van der Waals surface area contributed by atoms with Gasteiger partial charge < -0.3 is 15.6 Å². The molecule has 0 aromatic heterocycles. The third-order valence-electron chi connectivity index (χ3n) is 2.60. The Morgan fingerprint density at radius 3 is 2.79 bits per heavy atom. The Labute approximate surface area is 112 Å². The molecule has 0 amide bonds. The zero-order chi connectivity index (χ0) is 14.4. The van der Waals surface area contributed by atoms with Crippen LogP contribution in [0.2, 0.25) is 0 Å². The van der Waals surface area contributed by atoms with E-state index in [0.717, 1.165) is 0 Å². The van der Waals surface area contributed by atoms with E-state index < -0.39 is 11.9 Å². The average Bonchev–Trinajstić information content (AvgIpc) is 2.27. The van der Waals surface area contributed by atoms with E-state index in [1.165, 1.54) is 19.2 Å². The van der Waals surface area contributed by atoms with Crippen LogP contribution in [0.1, 0.15) is 11.1 Å². The number of nitrogens with two attached hydrogens (primary N) is 1. The van der Waals surface area contributed by atoms with Crippen LogP contribution < -0.4 is 5.73 Å². The van der Waals surface area contributed by atoms with Crippen molar-refractivity contribution < 1.29 is 14.2 Å². The van der Waals surface area contributed by atoms with Gasteiger partial charge in [-0.15, -0.1) is 0 Å². The predicted molar refractivity (Wildman–Crippen MR) is 71.6 cm³/mol. The minimum atomic E-state index is -0.587. The predicted octanol–water partition coefficient (Wildman–Crippen LogP) is 0.549. The second-order valence-corrected chi connectivity index (χ2v) is 4.57. The first-order valence-corrected chi connectivity index (χ1v) is 5.91. The van der Waals surface area contributed by atoms with Crippen LogP contribution in [0.5, 0.6) is 0 Å². The zero-order valence-corrected chi connectivity index (χ0v) is 11.2. The Kier molecular flexibility index (Phi) is 5.88. The van der Waals surface area contributed by atoms with Crippen LogP contribution in [0.15, 0.2) is 18.2 Å². The van der Waals surface area contributed by atoms with Gasteiger partial charge in [-0.05, 0) is 30.8 Å². The Bertz CT molecular complexity index is 440. The van der Waals surface area contributed by atoms with E-state index in [1.54, 1.807) is 6.07 Å². The number of benzene rings is 1. The lowest BCUT2D eigenvalue weighted by Gasteiger charge is -2.20. The molecule has 0 aliphatic carbocycles. The Balaban J connectivity index is 2.68. The Morgan fingerprint density at radius 1 is 1.53 bits per heavy atom. The second kappa shape index (κ2) is 7.18. The molecule has 0 heterocycles. The minimum absolute atomic E-state index is 0.164. The fourth-order valence-corrected chi connectivity index (χ4v) is 1.88. The van der Waals surface area contributed by atoms with Gasteiger partial charge in [0, 0.05) is 25.8 Å². The molecule has 0 aliphatic heterocycles. The molecule has 0 spiro atoms. The summed E-state index contributed by atoms with van der Waals surface area (Å²) in [7, 11) is 3.34. The van der Waals surface area contributed by atoms with Gasteiger partial charge in [-0.2, -0.15) is 0 Å². The molecule has 1 unspecified atom stereocenters. The number of rotatable bonds is 7. The number of hydrogen-bond donors (Lipinski definition) is 3. The lowest BCUT2D eigenvalue weighted by Crippen LogP contribution is -2.31. The highest BCUT2D eigenvalue weighted by molar-refractivity contribution is 5.95. The van der Waals surface area contributed by atoms with E-state index >= 15 is 0 Å². The van der Waals surface area contributed by atoms with Gasteiger partial charge in [-0.3, -0.25) is 10.3 Å². The van der Waals surface area contributed by atoms with Gasteiger partial charge >= 0.3 is 0 Å². The number of nitrogens with zero attached hydrogens (tertiary/aromatic N) is 1. The number of nitrogen functional groups attached to an aromatic ring is 1. The first-order valence-electron chi connectivity index (χ1n) is 5.91. The van der Waals surface area contributed by atoms with Crippen molar-refractivity contribution in [3.05, 3.63) is 35.1 Å². The molecule has 6 heteroatoms. The lowest BCUT2D eigenvalue weighted by molar-refractivity contribution is 0.0419. The normalized spacial score (nSPS) is 12.7. The van der Waals surface area contributed by atoms with Crippen molar-refractivity contribution in [3.63, 3.8) is 0 Å². The number of hydrogen-bond acceptors (Lipinski definition) is 4. The molecular formula is C13H20FN3O2. The quantitative estimate of drug-likeness (QED) is 0.498. The van der Waals surface area contributed by atoms with Gasteiger partial charge in [0.05, 0.1) is 12.7 Å². The van der Waals surface area contributed by atoms with E-state index in [9.17, 15) is 9.50 Å². The van der Waals surface area contributed by atoms with Gasteiger partial charge in [0.1, 0.15) is 11.7 Å². The van der Waals surface area contributed by atoms with Crippen molar-refractivity contribution in [3.8, 4) is 0 Å². The van der Waals surface area contributed by atoms with E-state index in [0.29, 0.717) is 24.2 Å². The van der Waals surface area contributed by atoms with Crippen molar-refractivity contribution in [2.75, 3.05) is 27.3 Å². The Morgan fingerprint density at radius 2 is 2.21 bits per heavy atom. The molecule has 1 aromatic carbocycles. The van der Waals surface area contributed by atoms with E-state index in [2.05, 4.69) is 0 Å². The number of amidine groups is 1. The maximum absolute atomic E-state index is 13.4. The SMILES string of the molecule is COCC(O)CN(C)Cc1cc(F)cc(C(=N)N)c1. The molecule has 19 heavy (non-hydrogen) atoms. The van der Waals surface area contributed by atoms with Crippen molar-refractivity contribution in [1.29, 1.82) is 5.41 Å². The number of methoxy groups -OCH3 is 1. The number of likely N-dealkylation sites (N-methyl/N-ethyl adjacent to an activating group) is 1. The molecular weight excluding hydrogens is 249 g/mol. The standard InChI is InChI=1S/C13H20FN3O2/c1-17(7-12(18)8-19-2)6-9-3-10(13(15)16)5-11(14)4-9/h3-5,12,18H,6-8H2,1-2H3,(H3,15,16). The van der Waals surface area contributed by atoms with Crippen LogP contribution in [0.4, 0.5) is 4.39 Å². The van der Waals surface area contributed by atoms with Crippen LogP contribution in [-0.4, -0.2) is 49.3 Å². The third-order valence-corrected chi connectivity index (χ3v) is 2.60. The topological polar surface area (TPSA) is 82.6 Å². The largest absolute Gasteiger partial charge is 0.389 e. The summed E-state index contributed by atoms with van der Waals surface area (Å²) in [5.74, 6) is -0.587. The molecule has 0 radical (unpaired) electrons. The van der Waals surface area contributed by atoms with Gasteiger partial charge in [0.2, 0.25) is 0 Å². The summed E-state index contributed by atoms with van der Waals surface area (Å²) in [6, 6.07) is 4.29. The summed E-state index contributed by atoms with van der Waals surface area (Å²) in [5.41, 5.74) is 6.42. The Hall–Kier alpha value is -1.50. The molecule has 1 aromatic rings. The molecule has 0 aliphatic rings. The van der Waals surface area contributed by atoms with E-state index in [4.69, 9.17) is 15.9 Å². The van der Waals surface area contributed by atoms with Gasteiger partial charge in [-0.1, -0.05) is 0 Å². The molecule has 1 rings (SSSR count). The molecule has 106 valence electrons. The maximum atomic E-state index is 13.4. The fourth-order valence-electron chi connectivity index (χ4n) is 1.88. The second-order valence-electron chi connectivity index (χ2n) is 4.57. The number of aliphatic hydroxyl groups excluding tert-OH is 1. The molecule has 0 saturated carbocycles. The number of ether oxygens (including phenoxy) is 1.